The van der Waals surface area contributed by atoms with Gasteiger partial charge < -0.3 is 15.5 Å². The summed E-state index contributed by atoms with van der Waals surface area (Å²) in [5.74, 6) is 0.851. The lowest BCUT2D eigenvalue weighted by atomic mass is 10.1. The van der Waals surface area contributed by atoms with Crippen molar-refractivity contribution in [1.29, 1.82) is 0 Å². The Labute approximate surface area is 183 Å². The van der Waals surface area contributed by atoms with Crippen LogP contribution in [0.1, 0.15) is 45.3 Å². The van der Waals surface area contributed by atoms with Gasteiger partial charge in [-0.3, -0.25) is 9.36 Å². The maximum absolute atomic E-state index is 12.6. The number of rotatable bonds is 6. The van der Waals surface area contributed by atoms with Crippen LogP contribution in [0.25, 0.3) is 11.0 Å². The van der Waals surface area contributed by atoms with Gasteiger partial charge in [-0.1, -0.05) is 26.0 Å². The van der Waals surface area contributed by atoms with Crippen molar-refractivity contribution in [3.05, 3.63) is 58.5 Å². The fraction of sp³-hybridized carbons (Fsp3) is 0.458. The molecule has 1 aliphatic rings. The zero-order chi connectivity index (χ0) is 22.0. The smallest absolute Gasteiger partial charge is 0.252 e. The lowest BCUT2D eigenvalue weighted by Gasteiger charge is -2.29. The predicted molar refractivity (Wildman–Crippen MR) is 127 cm³/mol. The van der Waals surface area contributed by atoms with Crippen LogP contribution >= 0.6 is 0 Å². The molecule has 0 bridgehead atoms. The van der Waals surface area contributed by atoms with Crippen molar-refractivity contribution in [2.45, 2.75) is 39.8 Å². The number of nitrogens with zero attached hydrogens (tertiary/aromatic N) is 4. The highest BCUT2D eigenvalue weighted by Crippen LogP contribution is 2.24. The number of hydrogen-bond donors (Lipinski definition) is 2. The summed E-state index contributed by atoms with van der Waals surface area (Å²) in [4.78, 5) is 24.2. The molecule has 0 aliphatic carbocycles. The standard InChI is InChI=1S/C24H32N6O/c1-16(2)18(4)30-22(31)10-7-20-15-26-24(28-23(20)30)27-17(3)19-5-8-21(9-6-19)29-13-11-25-12-14-29/h5-10,15-18,25H,11-14H2,1-4H3,(H,26,27,28)/t17-,18-/m0/s1. The van der Waals surface area contributed by atoms with E-state index < -0.39 is 0 Å². The van der Waals surface area contributed by atoms with Crippen LogP contribution in [-0.4, -0.2) is 40.7 Å². The molecule has 3 heterocycles. The summed E-state index contributed by atoms with van der Waals surface area (Å²) in [6.07, 6.45) is 1.79. The van der Waals surface area contributed by atoms with E-state index in [1.54, 1.807) is 22.9 Å². The molecule has 2 aromatic heterocycles. The third kappa shape index (κ3) is 4.56. The fourth-order valence-corrected chi connectivity index (χ4v) is 3.97. The molecule has 0 unspecified atom stereocenters. The highest BCUT2D eigenvalue weighted by atomic mass is 16.1. The zero-order valence-electron chi connectivity index (χ0n) is 18.8. The minimum atomic E-state index is -0.0325. The largest absolute Gasteiger partial charge is 0.369 e. The molecule has 1 aromatic carbocycles. The Bertz CT molecular complexity index is 1090. The van der Waals surface area contributed by atoms with Gasteiger partial charge in [0.2, 0.25) is 5.95 Å². The Balaban J connectivity index is 1.56. The lowest BCUT2D eigenvalue weighted by Crippen LogP contribution is -2.43. The van der Waals surface area contributed by atoms with Crippen LogP contribution < -0.4 is 21.1 Å². The molecular weight excluding hydrogens is 388 g/mol. The second-order valence-electron chi connectivity index (χ2n) is 8.69. The van der Waals surface area contributed by atoms with Crippen molar-refractivity contribution < 1.29 is 0 Å². The Morgan fingerprint density at radius 3 is 2.39 bits per heavy atom. The van der Waals surface area contributed by atoms with Gasteiger partial charge >= 0.3 is 0 Å². The Morgan fingerprint density at radius 1 is 1.00 bits per heavy atom. The van der Waals surface area contributed by atoms with Gasteiger partial charge in [0.25, 0.3) is 5.56 Å². The summed E-state index contributed by atoms with van der Waals surface area (Å²) in [5, 5.41) is 7.66. The quantitative estimate of drug-likeness (QED) is 0.635. The number of pyridine rings is 1. The predicted octanol–water partition coefficient (Wildman–Crippen LogP) is 3.59. The number of hydrogen-bond acceptors (Lipinski definition) is 6. The first-order chi connectivity index (χ1) is 14.9. The van der Waals surface area contributed by atoms with Gasteiger partial charge in [0, 0.05) is 55.6 Å². The average Bonchev–Trinajstić information content (AvgIpc) is 2.79. The van der Waals surface area contributed by atoms with E-state index in [-0.39, 0.29) is 17.6 Å². The first-order valence-electron chi connectivity index (χ1n) is 11.1. The molecule has 1 aliphatic heterocycles. The van der Waals surface area contributed by atoms with E-state index in [1.807, 2.05) is 0 Å². The number of anilines is 2. The summed E-state index contributed by atoms with van der Waals surface area (Å²) in [7, 11) is 0. The summed E-state index contributed by atoms with van der Waals surface area (Å²) < 4.78 is 1.78. The van der Waals surface area contributed by atoms with Gasteiger partial charge in [0.1, 0.15) is 5.65 Å². The molecule has 4 rings (SSSR count). The average molecular weight is 421 g/mol. The third-order valence-electron chi connectivity index (χ3n) is 6.26. The first kappa shape index (κ1) is 21.3. The van der Waals surface area contributed by atoms with Crippen LogP contribution in [-0.2, 0) is 0 Å². The highest BCUT2D eigenvalue weighted by molar-refractivity contribution is 5.75. The second-order valence-corrected chi connectivity index (χ2v) is 8.69. The normalized spacial score (nSPS) is 16.5. The molecule has 31 heavy (non-hydrogen) atoms. The number of fused-ring (bicyclic) bond motifs is 1. The fourth-order valence-electron chi connectivity index (χ4n) is 3.97. The van der Waals surface area contributed by atoms with Gasteiger partial charge in [0.05, 0.1) is 6.04 Å². The lowest BCUT2D eigenvalue weighted by molar-refractivity contribution is 0.407. The molecule has 2 N–H and O–H groups in total. The second kappa shape index (κ2) is 9.06. The van der Waals surface area contributed by atoms with Crippen LogP contribution in [0.4, 0.5) is 11.6 Å². The molecule has 0 radical (unpaired) electrons. The monoisotopic (exact) mass is 420 g/mol. The van der Waals surface area contributed by atoms with Gasteiger partial charge in [-0.2, -0.15) is 4.98 Å². The van der Waals surface area contributed by atoms with Gasteiger partial charge in [-0.05, 0) is 43.5 Å². The zero-order valence-corrected chi connectivity index (χ0v) is 18.8. The topological polar surface area (TPSA) is 75.1 Å². The maximum atomic E-state index is 12.6. The molecule has 0 amide bonds. The molecule has 7 heteroatoms. The van der Waals surface area contributed by atoms with Crippen molar-refractivity contribution in [1.82, 2.24) is 19.9 Å². The summed E-state index contributed by atoms with van der Waals surface area (Å²) in [6, 6.07) is 12.2. The van der Waals surface area contributed by atoms with Crippen molar-refractivity contribution in [2.24, 2.45) is 5.92 Å². The minimum absolute atomic E-state index is 0.0325. The Kier molecular flexibility index (Phi) is 6.23. The molecule has 3 aromatic rings. The third-order valence-corrected chi connectivity index (χ3v) is 6.26. The highest BCUT2D eigenvalue weighted by Gasteiger charge is 2.17. The summed E-state index contributed by atoms with van der Waals surface area (Å²) >= 11 is 0. The molecule has 7 nitrogen and oxygen atoms in total. The van der Waals surface area contributed by atoms with Crippen molar-refractivity contribution >= 4 is 22.7 Å². The number of piperazine rings is 1. The maximum Gasteiger partial charge on any atom is 0.252 e. The van der Waals surface area contributed by atoms with E-state index in [4.69, 9.17) is 4.98 Å². The van der Waals surface area contributed by atoms with Crippen LogP contribution in [0.2, 0.25) is 0 Å². The van der Waals surface area contributed by atoms with E-state index >= 15 is 0 Å². The van der Waals surface area contributed by atoms with E-state index in [0.717, 1.165) is 31.6 Å². The van der Waals surface area contributed by atoms with Crippen LogP contribution in [0.5, 0.6) is 0 Å². The van der Waals surface area contributed by atoms with Gasteiger partial charge in [0.15, 0.2) is 0 Å². The van der Waals surface area contributed by atoms with Crippen molar-refractivity contribution in [3.63, 3.8) is 0 Å². The minimum Gasteiger partial charge on any atom is -0.369 e. The van der Waals surface area contributed by atoms with E-state index in [2.05, 4.69) is 72.5 Å². The number of aromatic nitrogens is 3. The van der Waals surface area contributed by atoms with Crippen LogP contribution in [0, 0.1) is 5.92 Å². The Hall–Kier alpha value is -2.93. The summed E-state index contributed by atoms with van der Waals surface area (Å²) in [6.45, 7) is 12.5. The van der Waals surface area contributed by atoms with Crippen LogP contribution in [0.15, 0.2) is 47.4 Å². The molecule has 2 atom stereocenters. The molecule has 0 saturated carbocycles. The van der Waals surface area contributed by atoms with Crippen LogP contribution in [0.3, 0.4) is 0 Å². The summed E-state index contributed by atoms with van der Waals surface area (Å²) in [5.41, 5.74) is 3.07. The van der Waals surface area contributed by atoms with E-state index in [1.165, 1.54) is 11.3 Å². The van der Waals surface area contributed by atoms with Crippen molar-refractivity contribution in [3.8, 4) is 0 Å². The first-order valence-corrected chi connectivity index (χ1v) is 11.1. The van der Waals surface area contributed by atoms with Gasteiger partial charge in [-0.15, -0.1) is 0 Å². The molecule has 0 spiro atoms. The van der Waals surface area contributed by atoms with Gasteiger partial charge in [-0.25, -0.2) is 4.98 Å². The molecule has 1 fully saturated rings. The van der Waals surface area contributed by atoms with Crippen molar-refractivity contribution in [2.75, 3.05) is 36.4 Å². The molecular formula is C24H32N6O. The number of nitrogens with one attached hydrogen (secondary N) is 2. The molecule has 164 valence electrons. The van der Waals surface area contributed by atoms with E-state index in [9.17, 15) is 4.79 Å². The SMILES string of the molecule is CC(C)[C@H](C)n1c(=O)ccc2cnc(N[C@@H](C)c3ccc(N4CCNCC4)cc3)nc21. The van der Waals surface area contributed by atoms with E-state index in [0.29, 0.717) is 17.5 Å². The molecule has 1 saturated heterocycles. The number of benzene rings is 1. The Morgan fingerprint density at radius 2 is 1.71 bits per heavy atom.